The number of ether oxygens (including phenoxy) is 2. The van der Waals surface area contributed by atoms with E-state index in [1.165, 1.54) is 13.2 Å². The van der Waals surface area contributed by atoms with Gasteiger partial charge in [0.05, 0.1) is 19.8 Å². The molecule has 1 aliphatic rings. The standard InChI is InChI=1S/C11H13BrFNO3/c1-16-11-9(8-5-14-2-3-17-8)6(12)4-7(13)10(11)15/h4,8,14-15H,2-3,5H2,1H3. The first kappa shape index (κ1) is 12.6. The highest BCUT2D eigenvalue weighted by Gasteiger charge is 2.26. The highest BCUT2D eigenvalue weighted by molar-refractivity contribution is 9.10. The average Bonchev–Trinajstić information content (AvgIpc) is 2.34. The zero-order valence-corrected chi connectivity index (χ0v) is 10.9. The number of phenols is 1. The molecule has 1 aromatic rings. The molecule has 1 atom stereocenters. The van der Waals surface area contributed by atoms with E-state index in [0.29, 0.717) is 23.2 Å². The molecule has 0 saturated carbocycles. The second-order valence-corrected chi connectivity index (χ2v) is 4.55. The van der Waals surface area contributed by atoms with Gasteiger partial charge in [-0.25, -0.2) is 4.39 Å². The number of aromatic hydroxyl groups is 1. The summed E-state index contributed by atoms with van der Waals surface area (Å²) in [5, 5.41) is 12.8. The van der Waals surface area contributed by atoms with Crippen LogP contribution in [-0.4, -0.2) is 31.9 Å². The van der Waals surface area contributed by atoms with Crippen molar-refractivity contribution >= 4 is 15.9 Å². The van der Waals surface area contributed by atoms with Crippen molar-refractivity contribution in [1.82, 2.24) is 5.32 Å². The first-order chi connectivity index (χ1) is 8.15. The zero-order chi connectivity index (χ0) is 12.4. The number of morpholine rings is 1. The van der Waals surface area contributed by atoms with Gasteiger partial charge in [0.25, 0.3) is 0 Å². The minimum atomic E-state index is -0.721. The predicted octanol–water partition coefficient (Wildman–Crippen LogP) is 1.96. The summed E-state index contributed by atoms with van der Waals surface area (Å²) < 4.78 is 24.5. The molecule has 0 spiro atoms. The lowest BCUT2D eigenvalue weighted by Crippen LogP contribution is -2.33. The topological polar surface area (TPSA) is 50.7 Å². The summed E-state index contributed by atoms with van der Waals surface area (Å²) in [6, 6.07) is 1.21. The Balaban J connectivity index is 2.47. The van der Waals surface area contributed by atoms with Crippen molar-refractivity contribution in [3.05, 3.63) is 21.9 Å². The zero-order valence-electron chi connectivity index (χ0n) is 9.30. The Morgan fingerprint density at radius 1 is 1.65 bits per heavy atom. The Labute approximate surface area is 107 Å². The van der Waals surface area contributed by atoms with Crippen molar-refractivity contribution < 1.29 is 19.0 Å². The van der Waals surface area contributed by atoms with Crippen molar-refractivity contribution in [1.29, 1.82) is 0 Å². The number of nitrogens with one attached hydrogen (secondary N) is 1. The van der Waals surface area contributed by atoms with Crippen LogP contribution in [0.2, 0.25) is 0 Å². The van der Waals surface area contributed by atoms with E-state index in [2.05, 4.69) is 21.2 Å². The second-order valence-electron chi connectivity index (χ2n) is 3.70. The molecule has 17 heavy (non-hydrogen) atoms. The average molecular weight is 306 g/mol. The van der Waals surface area contributed by atoms with Gasteiger partial charge in [-0.1, -0.05) is 15.9 Å². The van der Waals surface area contributed by atoms with Gasteiger partial charge in [0, 0.05) is 23.1 Å². The highest BCUT2D eigenvalue weighted by Crippen LogP contribution is 2.42. The molecule has 94 valence electrons. The lowest BCUT2D eigenvalue weighted by molar-refractivity contribution is 0.0255. The number of rotatable bonds is 2. The SMILES string of the molecule is COc1c(O)c(F)cc(Br)c1C1CNCCO1. The van der Waals surface area contributed by atoms with Crippen LogP contribution in [0.25, 0.3) is 0 Å². The molecule has 6 heteroatoms. The summed E-state index contributed by atoms with van der Waals surface area (Å²) in [6.07, 6.45) is -0.264. The maximum atomic E-state index is 13.4. The largest absolute Gasteiger partial charge is 0.502 e. The van der Waals surface area contributed by atoms with Gasteiger partial charge in [0.1, 0.15) is 0 Å². The predicted molar refractivity (Wildman–Crippen MR) is 63.9 cm³/mol. The molecule has 0 amide bonds. The molecule has 0 radical (unpaired) electrons. The van der Waals surface area contributed by atoms with Crippen LogP contribution >= 0.6 is 15.9 Å². The molecule has 1 unspecified atom stereocenters. The molecular weight excluding hydrogens is 293 g/mol. The summed E-state index contributed by atoms with van der Waals surface area (Å²) in [6.45, 7) is 1.95. The maximum absolute atomic E-state index is 13.4. The first-order valence-electron chi connectivity index (χ1n) is 5.22. The lowest BCUT2D eigenvalue weighted by atomic mass is 10.1. The molecule has 1 aliphatic heterocycles. The van der Waals surface area contributed by atoms with E-state index in [9.17, 15) is 9.50 Å². The lowest BCUT2D eigenvalue weighted by Gasteiger charge is -2.26. The molecule has 1 aromatic carbocycles. The molecule has 0 aromatic heterocycles. The third-order valence-corrected chi connectivity index (χ3v) is 3.31. The minimum absolute atomic E-state index is 0.116. The van der Waals surface area contributed by atoms with Gasteiger partial charge in [-0.2, -0.15) is 0 Å². The molecule has 0 bridgehead atoms. The van der Waals surface area contributed by atoms with Gasteiger partial charge in [-0.15, -0.1) is 0 Å². The monoisotopic (exact) mass is 305 g/mol. The quantitative estimate of drug-likeness (QED) is 0.877. The number of hydrogen-bond acceptors (Lipinski definition) is 4. The van der Waals surface area contributed by atoms with Gasteiger partial charge in [0.2, 0.25) is 0 Å². The normalized spacial score (nSPS) is 20.3. The molecule has 0 aliphatic carbocycles. The first-order valence-corrected chi connectivity index (χ1v) is 6.01. The number of methoxy groups -OCH3 is 1. The number of benzene rings is 1. The molecule has 4 nitrogen and oxygen atoms in total. The van der Waals surface area contributed by atoms with Gasteiger partial charge >= 0.3 is 0 Å². The van der Waals surface area contributed by atoms with Crippen molar-refractivity contribution in [2.45, 2.75) is 6.10 Å². The molecule has 2 N–H and O–H groups in total. The van der Waals surface area contributed by atoms with Gasteiger partial charge in [0.15, 0.2) is 17.3 Å². The van der Waals surface area contributed by atoms with Crippen LogP contribution in [-0.2, 0) is 4.74 Å². The number of phenolic OH excluding ortho intramolecular Hbond substituents is 1. The Hall–Kier alpha value is -0.850. The molecular formula is C11H13BrFNO3. The van der Waals surface area contributed by atoms with E-state index in [4.69, 9.17) is 9.47 Å². The fourth-order valence-corrected chi connectivity index (χ4v) is 2.50. The fraction of sp³-hybridized carbons (Fsp3) is 0.455. The molecule has 2 rings (SSSR count). The van der Waals surface area contributed by atoms with Crippen molar-refractivity contribution in [2.75, 3.05) is 26.8 Å². The maximum Gasteiger partial charge on any atom is 0.194 e. The molecule has 1 fully saturated rings. The van der Waals surface area contributed by atoms with Crippen LogP contribution in [0.15, 0.2) is 10.5 Å². The van der Waals surface area contributed by atoms with Crippen molar-refractivity contribution in [3.63, 3.8) is 0 Å². The van der Waals surface area contributed by atoms with Gasteiger partial charge < -0.3 is 19.9 Å². The fourth-order valence-electron chi connectivity index (χ4n) is 1.86. The van der Waals surface area contributed by atoms with Crippen LogP contribution in [0, 0.1) is 5.82 Å². The number of halogens is 2. The van der Waals surface area contributed by atoms with Crippen LogP contribution in [0.1, 0.15) is 11.7 Å². The Morgan fingerprint density at radius 2 is 2.41 bits per heavy atom. The van der Waals surface area contributed by atoms with E-state index < -0.39 is 11.6 Å². The third kappa shape index (κ3) is 2.38. The summed E-state index contributed by atoms with van der Waals surface area (Å²) in [4.78, 5) is 0. The Kier molecular flexibility index (Phi) is 3.86. The minimum Gasteiger partial charge on any atom is -0.502 e. The van der Waals surface area contributed by atoms with E-state index in [1.807, 2.05) is 0 Å². The molecule has 1 heterocycles. The summed E-state index contributed by atoms with van der Waals surface area (Å²) in [7, 11) is 1.39. The Morgan fingerprint density at radius 3 is 3.00 bits per heavy atom. The van der Waals surface area contributed by atoms with E-state index in [-0.39, 0.29) is 11.9 Å². The summed E-state index contributed by atoms with van der Waals surface area (Å²) in [5.41, 5.74) is 0.624. The summed E-state index contributed by atoms with van der Waals surface area (Å²) >= 11 is 3.27. The molecule has 1 saturated heterocycles. The van der Waals surface area contributed by atoms with E-state index >= 15 is 0 Å². The summed E-state index contributed by atoms with van der Waals surface area (Å²) in [5.74, 6) is -1.09. The van der Waals surface area contributed by atoms with E-state index in [0.717, 1.165) is 6.54 Å². The Bertz CT molecular complexity index is 422. The van der Waals surface area contributed by atoms with Crippen LogP contribution in [0.5, 0.6) is 11.5 Å². The van der Waals surface area contributed by atoms with Crippen LogP contribution in [0.4, 0.5) is 4.39 Å². The van der Waals surface area contributed by atoms with Crippen LogP contribution in [0.3, 0.4) is 0 Å². The number of hydrogen-bond donors (Lipinski definition) is 2. The third-order valence-electron chi connectivity index (χ3n) is 2.65. The van der Waals surface area contributed by atoms with Crippen molar-refractivity contribution in [3.8, 4) is 11.5 Å². The smallest absolute Gasteiger partial charge is 0.194 e. The van der Waals surface area contributed by atoms with Crippen LogP contribution < -0.4 is 10.1 Å². The van der Waals surface area contributed by atoms with Crippen molar-refractivity contribution in [2.24, 2.45) is 0 Å². The van der Waals surface area contributed by atoms with E-state index in [1.54, 1.807) is 0 Å². The van der Waals surface area contributed by atoms with Gasteiger partial charge in [-0.05, 0) is 6.07 Å². The highest BCUT2D eigenvalue weighted by atomic mass is 79.9. The van der Waals surface area contributed by atoms with Gasteiger partial charge in [-0.3, -0.25) is 0 Å². The second kappa shape index (κ2) is 5.20.